The normalized spacial score (nSPS) is 11.7. The molecule has 21 heavy (non-hydrogen) atoms. The molecule has 0 heterocycles. The lowest BCUT2D eigenvalue weighted by Crippen LogP contribution is -2.27. The van der Waals surface area contributed by atoms with Crippen molar-refractivity contribution in [1.29, 1.82) is 0 Å². The minimum Gasteiger partial charge on any atom is -0.382 e. The molecule has 0 amide bonds. The third kappa shape index (κ3) is 7.01. The number of likely N-dealkylation sites (N-methyl/N-ethyl adjacent to an activating group) is 1. The molecule has 0 spiro atoms. The van der Waals surface area contributed by atoms with Crippen LogP contribution in [0.15, 0.2) is 29.2 Å². The van der Waals surface area contributed by atoms with E-state index >= 15 is 0 Å². The Morgan fingerprint density at radius 3 is 2.38 bits per heavy atom. The summed E-state index contributed by atoms with van der Waals surface area (Å²) in [5.41, 5.74) is 1.10. The Labute approximate surface area is 126 Å². The summed E-state index contributed by atoms with van der Waals surface area (Å²) in [5, 5.41) is 3.06. The predicted octanol–water partition coefficient (Wildman–Crippen LogP) is 0.390. The summed E-state index contributed by atoms with van der Waals surface area (Å²) >= 11 is 0. The molecule has 0 fully saturated rings. The fraction of sp³-hybridized carbons (Fsp3) is 0.571. The summed E-state index contributed by atoms with van der Waals surface area (Å²) in [7, 11) is 0.00878. The van der Waals surface area contributed by atoms with Crippen LogP contribution in [-0.2, 0) is 25.9 Å². The van der Waals surface area contributed by atoms with Crippen LogP contribution in [0.1, 0.15) is 5.56 Å². The van der Waals surface area contributed by atoms with Gasteiger partial charge in [-0.3, -0.25) is 0 Å². The predicted molar refractivity (Wildman–Crippen MR) is 82.0 cm³/mol. The van der Waals surface area contributed by atoms with Gasteiger partial charge in [0, 0.05) is 13.7 Å². The first-order valence-corrected chi connectivity index (χ1v) is 8.38. The lowest BCUT2D eigenvalue weighted by atomic mass is 10.1. The molecule has 7 heteroatoms. The second-order valence-electron chi connectivity index (χ2n) is 4.50. The molecule has 0 saturated carbocycles. The molecule has 0 unspecified atom stereocenters. The largest absolute Gasteiger partial charge is 0.382 e. The minimum atomic E-state index is -3.47. The quantitative estimate of drug-likeness (QED) is 0.578. The van der Waals surface area contributed by atoms with Crippen molar-refractivity contribution >= 4 is 10.0 Å². The van der Waals surface area contributed by atoms with Gasteiger partial charge in [-0.15, -0.1) is 0 Å². The molecule has 0 aliphatic heterocycles. The van der Waals surface area contributed by atoms with Crippen molar-refractivity contribution in [3.05, 3.63) is 29.8 Å². The lowest BCUT2D eigenvalue weighted by Gasteiger charge is -2.08. The molecular weight excluding hydrogens is 292 g/mol. The summed E-state index contributed by atoms with van der Waals surface area (Å²) in [6.07, 6.45) is 0.873. The number of hydrogen-bond donors (Lipinski definition) is 2. The number of rotatable bonds is 11. The molecule has 1 rings (SSSR count). The van der Waals surface area contributed by atoms with Gasteiger partial charge in [0.25, 0.3) is 0 Å². The summed E-state index contributed by atoms with van der Waals surface area (Å²) in [5.74, 6) is 0. The Balaban J connectivity index is 2.42. The highest BCUT2D eigenvalue weighted by Gasteiger charge is 2.12. The highest BCUT2D eigenvalue weighted by atomic mass is 32.2. The smallest absolute Gasteiger partial charge is 0.240 e. The molecule has 2 N–H and O–H groups in total. The van der Waals surface area contributed by atoms with Crippen LogP contribution < -0.4 is 10.0 Å². The standard InChI is InChI=1S/C14H24N2O4S/c1-15-8-7-13-3-5-14(6-4-13)21(17,18)16-9-10-20-12-11-19-2/h3-6,15-16H,7-12H2,1-2H3. The van der Waals surface area contributed by atoms with Crippen LogP contribution in [-0.4, -0.2) is 55.5 Å². The van der Waals surface area contributed by atoms with Crippen LogP contribution in [0.25, 0.3) is 0 Å². The van der Waals surface area contributed by atoms with Gasteiger partial charge in [-0.1, -0.05) is 12.1 Å². The monoisotopic (exact) mass is 316 g/mol. The average Bonchev–Trinajstić information content (AvgIpc) is 2.49. The summed E-state index contributed by atoms with van der Waals surface area (Å²) in [4.78, 5) is 0.271. The van der Waals surface area contributed by atoms with E-state index in [0.29, 0.717) is 19.8 Å². The van der Waals surface area contributed by atoms with E-state index in [2.05, 4.69) is 10.0 Å². The maximum atomic E-state index is 12.0. The first kappa shape index (κ1) is 18.1. The van der Waals surface area contributed by atoms with E-state index in [4.69, 9.17) is 9.47 Å². The van der Waals surface area contributed by atoms with Gasteiger partial charge in [0.1, 0.15) is 0 Å². The van der Waals surface area contributed by atoms with Crippen molar-refractivity contribution in [1.82, 2.24) is 10.0 Å². The maximum Gasteiger partial charge on any atom is 0.240 e. The average molecular weight is 316 g/mol. The van der Waals surface area contributed by atoms with Gasteiger partial charge in [0.05, 0.1) is 24.7 Å². The summed E-state index contributed by atoms with van der Waals surface area (Å²) in [6, 6.07) is 6.92. The van der Waals surface area contributed by atoms with Crippen LogP contribution in [0, 0.1) is 0 Å². The molecule has 0 bridgehead atoms. The number of benzene rings is 1. The van der Waals surface area contributed by atoms with E-state index in [-0.39, 0.29) is 11.4 Å². The van der Waals surface area contributed by atoms with E-state index in [1.807, 2.05) is 19.2 Å². The second-order valence-corrected chi connectivity index (χ2v) is 6.27. The summed E-state index contributed by atoms with van der Waals surface area (Å²) in [6.45, 7) is 2.39. The Morgan fingerprint density at radius 2 is 1.76 bits per heavy atom. The fourth-order valence-corrected chi connectivity index (χ4v) is 2.69. The molecule has 0 radical (unpaired) electrons. The zero-order valence-electron chi connectivity index (χ0n) is 12.6. The fourth-order valence-electron chi connectivity index (χ4n) is 1.68. The highest BCUT2D eigenvalue weighted by Crippen LogP contribution is 2.10. The lowest BCUT2D eigenvalue weighted by molar-refractivity contribution is 0.0736. The highest BCUT2D eigenvalue weighted by molar-refractivity contribution is 7.89. The van der Waals surface area contributed by atoms with E-state index < -0.39 is 10.0 Å². The Bertz CT molecular complexity index is 488. The molecule has 0 atom stereocenters. The van der Waals surface area contributed by atoms with Gasteiger partial charge < -0.3 is 14.8 Å². The molecule has 0 saturated heterocycles. The molecule has 6 nitrogen and oxygen atoms in total. The summed E-state index contributed by atoms with van der Waals surface area (Å²) < 4.78 is 36.6. The van der Waals surface area contributed by atoms with Gasteiger partial charge in [-0.2, -0.15) is 0 Å². The van der Waals surface area contributed by atoms with Crippen LogP contribution in [0.2, 0.25) is 0 Å². The van der Waals surface area contributed by atoms with E-state index in [1.165, 1.54) is 0 Å². The topological polar surface area (TPSA) is 76.7 Å². The van der Waals surface area contributed by atoms with E-state index in [9.17, 15) is 8.42 Å². The van der Waals surface area contributed by atoms with Gasteiger partial charge in [-0.25, -0.2) is 13.1 Å². The Hall–Kier alpha value is -0.990. The first-order chi connectivity index (χ1) is 10.1. The van der Waals surface area contributed by atoms with Gasteiger partial charge in [0.15, 0.2) is 0 Å². The number of ether oxygens (including phenoxy) is 2. The third-order valence-corrected chi connectivity index (χ3v) is 4.34. The zero-order valence-corrected chi connectivity index (χ0v) is 13.4. The van der Waals surface area contributed by atoms with Gasteiger partial charge in [-0.05, 0) is 37.7 Å². The number of methoxy groups -OCH3 is 1. The van der Waals surface area contributed by atoms with Gasteiger partial charge in [0.2, 0.25) is 10.0 Å². The number of nitrogens with one attached hydrogen (secondary N) is 2. The number of sulfonamides is 1. The molecular formula is C14H24N2O4S. The molecule has 0 aliphatic rings. The molecule has 120 valence electrons. The molecule has 0 aliphatic carbocycles. The minimum absolute atomic E-state index is 0.244. The van der Waals surface area contributed by atoms with Crippen LogP contribution >= 0.6 is 0 Å². The first-order valence-electron chi connectivity index (χ1n) is 6.90. The van der Waals surface area contributed by atoms with Crippen molar-refractivity contribution in [2.45, 2.75) is 11.3 Å². The molecule has 1 aromatic rings. The Morgan fingerprint density at radius 1 is 1.05 bits per heavy atom. The van der Waals surface area contributed by atoms with Crippen molar-refractivity contribution in [3.8, 4) is 0 Å². The maximum absolute atomic E-state index is 12.0. The van der Waals surface area contributed by atoms with Crippen LogP contribution in [0.5, 0.6) is 0 Å². The van der Waals surface area contributed by atoms with Crippen molar-refractivity contribution in [2.75, 3.05) is 47.1 Å². The SMILES string of the molecule is CNCCc1ccc(S(=O)(=O)NCCOCCOC)cc1. The number of hydrogen-bond acceptors (Lipinski definition) is 5. The Kier molecular flexibility index (Phi) is 8.48. The van der Waals surface area contributed by atoms with Crippen LogP contribution in [0.4, 0.5) is 0 Å². The van der Waals surface area contributed by atoms with Crippen LogP contribution in [0.3, 0.4) is 0 Å². The van der Waals surface area contributed by atoms with Crippen molar-refractivity contribution < 1.29 is 17.9 Å². The third-order valence-electron chi connectivity index (χ3n) is 2.87. The molecule has 1 aromatic carbocycles. The second kappa shape index (κ2) is 9.86. The van der Waals surface area contributed by atoms with E-state index in [0.717, 1.165) is 18.5 Å². The zero-order chi connectivity index (χ0) is 15.6. The van der Waals surface area contributed by atoms with E-state index in [1.54, 1.807) is 19.2 Å². The van der Waals surface area contributed by atoms with Gasteiger partial charge >= 0.3 is 0 Å². The van der Waals surface area contributed by atoms with Crippen molar-refractivity contribution in [2.24, 2.45) is 0 Å². The van der Waals surface area contributed by atoms with Crippen molar-refractivity contribution in [3.63, 3.8) is 0 Å². The molecule has 0 aromatic heterocycles.